The van der Waals surface area contributed by atoms with Crippen LogP contribution in [0.2, 0.25) is 0 Å². The molecule has 3 rings (SSSR count). The molecule has 0 saturated carbocycles. The van der Waals surface area contributed by atoms with Gasteiger partial charge in [-0.25, -0.2) is 8.42 Å². The van der Waals surface area contributed by atoms with Crippen LogP contribution in [0, 0.1) is 6.92 Å². The Hall–Kier alpha value is -2.60. The summed E-state index contributed by atoms with van der Waals surface area (Å²) < 4.78 is 26.9. The number of anilines is 1. The van der Waals surface area contributed by atoms with E-state index in [9.17, 15) is 13.2 Å². The van der Waals surface area contributed by atoms with Crippen molar-refractivity contribution in [2.45, 2.75) is 11.8 Å². The molecule has 1 N–H and O–H groups in total. The second kappa shape index (κ2) is 5.55. The van der Waals surface area contributed by atoms with E-state index in [1.54, 1.807) is 24.3 Å². The number of hydrogen-bond acceptors (Lipinski definition) is 3. The van der Waals surface area contributed by atoms with E-state index in [1.807, 2.05) is 25.1 Å². The summed E-state index contributed by atoms with van der Waals surface area (Å²) in [6.07, 6.45) is 0. The van der Waals surface area contributed by atoms with Crippen LogP contribution in [-0.2, 0) is 10.0 Å². The zero-order chi connectivity index (χ0) is 16.6. The summed E-state index contributed by atoms with van der Waals surface area (Å²) in [6.45, 7) is 1.91. The van der Waals surface area contributed by atoms with Gasteiger partial charge < -0.3 is 4.98 Å². The largest absolute Gasteiger partial charge is 0.322 e. The van der Waals surface area contributed by atoms with Crippen LogP contribution in [0.5, 0.6) is 0 Å². The number of fused-ring (bicyclic) bond motifs is 1. The van der Waals surface area contributed by atoms with E-state index in [-0.39, 0.29) is 10.5 Å². The van der Waals surface area contributed by atoms with E-state index >= 15 is 0 Å². The molecule has 0 saturated heterocycles. The molecule has 3 aromatic rings. The van der Waals surface area contributed by atoms with Gasteiger partial charge in [0.1, 0.15) is 0 Å². The van der Waals surface area contributed by atoms with E-state index in [1.165, 1.54) is 23.5 Å². The van der Waals surface area contributed by atoms with Gasteiger partial charge in [-0.15, -0.1) is 0 Å². The molecule has 1 aromatic heterocycles. The maximum Gasteiger partial charge on any atom is 0.264 e. The Morgan fingerprint density at radius 2 is 1.78 bits per heavy atom. The van der Waals surface area contributed by atoms with Crippen molar-refractivity contribution in [2.75, 3.05) is 11.4 Å². The topological polar surface area (TPSA) is 70.2 Å². The number of sulfonamides is 1. The lowest BCUT2D eigenvalue weighted by molar-refractivity contribution is 0.594. The molecule has 0 spiro atoms. The number of nitrogens with zero attached hydrogens (tertiary/aromatic N) is 1. The molecule has 5 nitrogen and oxygen atoms in total. The van der Waals surface area contributed by atoms with Crippen LogP contribution in [0.1, 0.15) is 5.56 Å². The molecule has 0 radical (unpaired) electrons. The van der Waals surface area contributed by atoms with Crippen molar-refractivity contribution < 1.29 is 8.42 Å². The van der Waals surface area contributed by atoms with Crippen LogP contribution in [0.3, 0.4) is 0 Å². The summed E-state index contributed by atoms with van der Waals surface area (Å²) >= 11 is 0. The number of hydrogen-bond donors (Lipinski definition) is 1. The van der Waals surface area contributed by atoms with Gasteiger partial charge in [-0.05, 0) is 54.3 Å². The molecule has 0 unspecified atom stereocenters. The van der Waals surface area contributed by atoms with E-state index in [4.69, 9.17) is 0 Å². The number of nitrogens with one attached hydrogen (secondary N) is 1. The van der Waals surface area contributed by atoms with Crippen LogP contribution in [-0.4, -0.2) is 20.4 Å². The number of rotatable bonds is 3. The van der Waals surface area contributed by atoms with Gasteiger partial charge in [-0.3, -0.25) is 9.10 Å². The highest BCUT2D eigenvalue weighted by Gasteiger charge is 2.21. The summed E-state index contributed by atoms with van der Waals surface area (Å²) in [4.78, 5) is 14.2. The number of aromatic nitrogens is 1. The number of aromatic amines is 1. The van der Waals surface area contributed by atoms with Crippen molar-refractivity contribution in [3.05, 3.63) is 70.5 Å². The summed E-state index contributed by atoms with van der Waals surface area (Å²) in [6, 6.07) is 15.0. The van der Waals surface area contributed by atoms with Crippen molar-refractivity contribution in [3.63, 3.8) is 0 Å². The van der Waals surface area contributed by atoms with Gasteiger partial charge in [0.05, 0.1) is 10.6 Å². The minimum atomic E-state index is -3.67. The Labute approximate surface area is 134 Å². The third-order valence-corrected chi connectivity index (χ3v) is 5.50. The zero-order valence-corrected chi connectivity index (χ0v) is 13.6. The molecule has 6 heteroatoms. The fourth-order valence-corrected chi connectivity index (χ4v) is 3.64. The predicted molar refractivity (Wildman–Crippen MR) is 91.3 cm³/mol. The van der Waals surface area contributed by atoms with Gasteiger partial charge in [0.25, 0.3) is 10.0 Å². The minimum absolute atomic E-state index is 0.182. The van der Waals surface area contributed by atoms with Gasteiger partial charge in [-0.2, -0.15) is 0 Å². The van der Waals surface area contributed by atoms with Crippen molar-refractivity contribution in [1.29, 1.82) is 0 Å². The molecule has 0 aliphatic heterocycles. The molecule has 0 atom stereocenters. The molecule has 0 aliphatic rings. The van der Waals surface area contributed by atoms with Crippen LogP contribution < -0.4 is 9.86 Å². The highest BCUT2D eigenvalue weighted by atomic mass is 32.2. The third kappa shape index (κ3) is 2.85. The predicted octanol–water partition coefficient (Wildman–Crippen LogP) is 2.66. The molecule has 0 fully saturated rings. The quantitative estimate of drug-likeness (QED) is 0.803. The molecule has 23 heavy (non-hydrogen) atoms. The van der Waals surface area contributed by atoms with Crippen LogP contribution in [0.15, 0.2) is 64.3 Å². The van der Waals surface area contributed by atoms with Gasteiger partial charge >= 0.3 is 0 Å². The van der Waals surface area contributed by atoms with Crippen molar-refractivity contribution in [1.82, 2.24) is 4.98 Å². The summed E-state index contributed by atoms with van der Waals surface area (Å²) in [7, 11) is -2.14. The first kappa shape index (κ1) is 15.3. The summed E-state index contributed by atoms with van der Waals surface area (Å²) in [5.41, 5.74) is 1.98. The van der Waals surface area contributed by atoms with E-state index in [0.29, 0.717) is 16.6 Å². The van der Waals surface area contributed by atoms with Gasteiger partial charge in [0.15, 0.2) is 0 Å². The lowest BCUT2D eigenvalue weighted by atomic mass is 10.2. The van der Waals surface area contributed by atoms with E-state index < -0.39 is 10.0 Å². The van der Waals surface area contributed by atoms with E-state index in [2.05, 4.69) is 4.98 Å². The first-order valence-corrected chi connectivity index (χ1v) is 8.51. The highest BCUT2D eigenvalue weighted by Crippen LogP contribution is 2.24. The van der Waals surface area contributed by atoms with Crippen LogP contribution >= 0.6 is 0 Å². The molecule has 2 aromatic carbocycles. The third-order valence-electron chi connectivity index (χ3n) is 3.72. The zero-order valence-electron chi connectivity index (χ0n) is 12.8. The molecule has 118 valence electrons. The Bertz CT molecular complexity index is 1040. The Balaban J connectivity index is 2.08. The number of aryl methyl sites for hydroxylation is 1. The normalized spacial score (nSPS) is 11.6. The average molecular weight is 328 g/mol. The van der Waals surface area contributed by atoms with Crippen LogP contribution in [0.4, 0.5) is 5.69 Å². The van der Waals surface area contributed by atoms with Crippen molar-refractivity contribution >= 4 is 26.6 Å². The molecule has 0 bridgehead atoms. The Kier molecular flexibility index (Phi) is 3.69. The minimum Gasteiger partial charge on any atom is -0.322 e. The Morgan fingerprint density at radius 3 is 2.52 bits per heavy atom. The highest BCUT2D eigenvalue weighted by molar-refractivity contribution is 7.92. The standard InChI is InChI=1S/C17H16N2O3S/c1-12-4-3-5-14(10-12)19(2)23(21,22)15-7-8-16-13(11-15)6-9-17(20)18-16/h3-11H,1-2H3,(H,18,20). The van der Waals surface area contributed by atoms with Crippen molar-refractivity contribution in [2.24, 2.45) is 0 Å². The maximum atomic E-state index is 12.8. The van der Waals surface area contributed by atoms with Gasteiger partial charge in [0, 0.05) is 18.6 Å². The summed E-state index contributed by atoms with van der Waals surface area (Å²) in [5, 5.41) is 0.670. The lowest BCUT2D eigenvalue weighted by Crippen LogP contribution is -2.26. The second-order valence-electron chi connectivity index (χ2n) is 5.38. The number of pyridine rings is 1. The monoisotopic (exact) mass is 328 g/mol. The first-order valence-electron chi connectivity index (χ1n) is 7.07. The fraction of sp³-hybridized carbons (Fsp3) is 0.118. The maximum absolute atomic E-state index is 12.8. The fourth-order valence-electron chi connectivity index (χ4n) is 2.41. The first-order chi connectivity index (χ1) is 10.9. The van der Waals surface area contributed by atoms with E-state index in [0.717, 1.165) is 5.56 Å². The molecule has 0 aliphatic carbocycles. The van der Waals surface area contributed by atoms with Crippen molar-refractivity contribution in [3.8, 4) is 0 Å². The number of benzene rings is 2. The average Bonchev–Trinajstić information content (AvgIpc) is 2.53. The molecule has 0 amide bonds. The van der Waals surface area contributed by atoms with Gasteiger partial charge in [0.2, 0.25) is 5.56 Å². The molecular weight excluding hydrogens is 312 g/mol. The number of H-pyrrole nitrogens is 1. The second-order valence-corrected chi connectivity index (χ2v) is 7.35. The SMILES string of the molecule is Cc1cccc(N(C)S(=O)(=O)c2ccc3[nH]c(=O)ccc3c2)c1. The summed E-state index contributed by atoms with van der Waals surface area (Å²) in [5.74, 6) is 0. The Morgan fingerprint density at radius 1 is 1.00 bits per heavy atom. The lowest BCUT2D eigenvalue weighted by Gasteiger charge is -2.20. The van der Waals surface area contributed by atoms with Gasteiger partial charge in [-0.1, -0.05) is 12.1 Å². The molecular formula is C17H16N2O3S. The smallest absolute Gasteiger partial charge is 0.264 e. The molecule has 1 heterocycles. The van der Waals surface area contributed by atoms with Crippen LogP contribution in [0.25, 0.3) is 10.9 Å².